The summed E-state index contributed by atoms with van der Waals surface area (Å²) in [5.74, 6) is 0. The van der Waals surface area contributed by atoms with Gasteiger partial charge in [-0.1, -0.05) is 24.4 Å². The average Bonchev–Trinajstić information content (AvgIpc) is 2.92. The van der Waals surface area contributed by atoms with Crippen molar-refractivity contribution in [1.82, 2.24) is 4.98 Å². The molecule has 0 atom stereocenters. The van der Waals surface area contributed by atoms with Crippen molar-refractivity contribution in [2.75, 3.05) is 5.32 Å². The van der Waals surface area contributed by atoms with Gasteiger partial charge in [-0.3, -0.25) is 0 Å². The smallest absolute Gasteiger partial charge is 0.187 e. The molecule has 0 unspecified atom stereocenters. The van der Waals surface area contributed by atoms with Gasteiger partial charge < -0.3 is 11.1 Å². The van der Waals surface area contributed by atoms with Crippen LogP contribution in [0.25, 0.3) is 0 Å². The molecular weight excluding hydrogens is 274 g/mol. The molecule has 1 aliphatic rings. The predicted octanol–water partition coefficient (Wildman–Crippen LogP) is 3.32. The third-order valence-electron chi connectivity index (χ3n) is 3.37. The summed E-state index contributed by atoms with van der Waals surface area (Å²) in [6, 6.07) is 5.96. The number of hydrogen-bond donors (Lipinski definition) is 2. The summed E-state index contributed by atoms with van der Waals surface area (Å²) < 4.78 is 0. The predicted molar refractivity (Wildman–Crippen MR) is 84.5 cm³/mol. The number of aryl methyl sites for hydroxylation is 3. The summed E-state index contributed by atoms with van der Waals surface area (Å²) >= 11 is 6.85. The molecule has 3 rings (SSSR count). The molecule has 0 bridgehead atoms. The number of para-hydroxylation sites is 1. The number of aromatic nitrogens is 1. The maximum Gasteiger partial charge on any atom is 0.187 e. The summed E-state index contributed by atoms with van der Waals surface area (Å²) in [4.78, 5) is 6.47. The van der Waals surface area contributed by atoms with Crippen LogP contribution in [0.5, 0.6) is 0 Å². The zero-order chi connectivity index (χ0) is 13.4. The number of benzene rings is 1. The molecule has 0 saturated carbocycles. The highest BCUT2D eigenvalue weighted by Gasteiger charge is 2.18. The summed E-state index contributed by atoms with van der Waals surface area (Å²) in [5.41, 5.74) is 10.0. The van der Waals surface area contributed by atoms with Crippen LogP contribution in [0.3, 0.4) is 0 Å². The topological polar surface area (TPSA) is 50.9 Å². The second kappa shape index (κ2) is 4.90. The molecule has 1 aromatic carbocycles. The number of nitrogens with one attached hydrogen (secondary N) is 1. The van der Waals surface area contributed by atoms with Gasteiger partial charge in [0.25, 0.3) is 0 Å². The van der Waals surface area contributed by atoms with Gasteiger partial charge >= 0.3 is 0 Å². The molecule has 3 nitrogen and oxygen atoms in total. The van der Waals surface area contributed by atoms with E-state index in [1.165, 1.54) is 17.0 Å². The summed E-state index contributed by atoms with van der Waals surface area (Å²) in [7, 11) is 0. The van der Waals surface area contributed by atoms with Gasteiger partial charge in [-0.2, -0.15) is 0 Å². The van der Waals surface area contributed by atoms with Crippen LogP contribution in [0.2, 0.25) is 0 Å². The Balaban J connectivity index is 1.96. The van der Waals surface area contributed by atoms with E-state index in [0.29, 0.717) is 4.99 Å². The summed E-state index contributed by atoms with van der Waals surface area (Å²) in [5, 5.41) is 4.33. The van der Waals surface area contributed by atoms with Crippen molar-refractivity contribution in [3.05, 3.63) is 39.9 Å². The van der Waals surface area contributed by atoms with Gasteiger partial charge in [0.15, 0.2) is 5.13 Å². The summed E-state index contributed by atoms with van der Waals surface area (Å²) in [6.45, 7) is 2.05. The maximum atomic E-state index is 5.78. The lowest BCUT2D eigenvalue weighted by atomic mass is 10.1. The van der Waals surface area contributed by atoms with Crippen molar-refractivity contribution >= 4 is 39.4 Å². The van der Waals surface area contributed by atoms with Crippen molar-refractivity contribution < 1.29 is 0 Å². The Kier molecular flexibility index (Phi) is 3.24. The Morgan fingerprint density at radius 1 is 1.42 bits per heavy atom. The monoisotopic (exact) mass is 289 g/mol. The summed E-state index contributed by atoms with van der Waals surface area (Å²) in [6.07, 6.45) is 3.49. The van der Waals surface area contributed by atoms with Crippen LogP contribution in [0.1, 0.15) is 28.1 Å². The molecule has 1 aliphatic carbocycles. The van der Waals surface area contributed by atoms with Gasteiger partial charge in [-0.15, -0.1) is 11.3 Å². The molecule has 3 N–H and O–H groups in total. The van der Waals surface area contributed by atoms with E-state index < -0.39 is 0 Å². The molecule has 0 saturated heterocycles. The zero-order valence-electron chi connectivity index (χ0n) is 10.7. The van der Waals surface area contributed by atoms with Crippen LogP contribution in [-0.4, -0.2) is 9.97 Å². The molecule has 0 spiro atoms. The minimum Gasteiger partial charge on any atom is -0.389 e. The van der Waals surface area contributed by atoms with Crippen molar-refractivity contribution in [3.63, 3.8) is 0 Å². The fraction of sp³-hybridized carbons (Fsp3) is 0.286. The number of nitrogens with zero attached hydrogens (tertiary/aromatic N) is 1. The molecule has 0 aliphatic heterocycles. The first-order valence-corrected chi connectivity index (χ1v) is 7.52. The minimum absolute atomic E-state index is 0.412. The molecule has 19 heavy (non-hydrogen) atoms. The van der Waals surface area contributed by atoms with Gasteiger partial charge in [0, 0.05) is 10.4 Å². The van der Waals surface area contributed by atoms with Gasteiger partial charge in [0.1, 0.15) is 4.99 Å². The molecule has 98 valence electrons. The normalized spacial score (nSPS) is 13.3. The van der Waals surface area contributed by atoms with Crippen LogP contribution < -0.4 is 11.1 Å². The Labute approximate surface area is 121 Å². The largest absolute Gasteiger partial charge is 0.389 e. The highest BCUT2D eigenvalue weighted by Crippen LogP contribution is 2.33. The first-order valence-electron chi connectivity index (χ1n) is 6.30. The van der Waals surface area contributed by atoms with Crippen LogP contribution >= 0.6 is 23.6 Å². The number of thiazole rings is 1. The molecule has 1 aromatic heterocycles. The standard InChI is InChI=1S/C14H15N3S2/c1-8-4-2-5-9(13(15)18)12(8)17-14-16-10-6-3-7-11(10)19-14/h2,4-5H,3,6-7H2,1H3,(H2,15,18)(H,16,17). The lowest BCUT2D eigenvalue weighted by molar-refractivity contribution is 0.900. The van der Waals surface area contributed by atoms with E-state index in [0.717, 1.165) is 34.8 Å². The molecule has 2 aromatic rings. The highest BCUT2D eigenvalue weighted by molar-refractivity contribution is 7.80. The van der Waals surface area contributed by atoms with Crippen molar-refractivity contribution in [2.45, 2.75) is 26.2 Å². The Bertz CT molecular complexity index is 625. The van der Waals surface area contributed by atoms with Gasteiger partial charge in [0.2, 0.25) is 0 Å². The number of hydrogen-bond acceptors (Lipinski definition) is 4. The zero-order valence-corrected chi connectivity index (χ0v) is 12.3. The Hall–Kier alpha value is -1.46. The second-order valence-electron chi connectivity index (χ2n) is 4.73. The second-order valence-corrected chi connectivity index (χ2v) is 6.25. The van der Waals surface area contributed by atoms with Crippen LogP contribution in [-0.2, 0) is 12.8 Å². The average molecular weight is 289 g/mol. The molecular formula is C14H15N3S2. The fourth-order valence-electron chi connectivity index (χ4n) is 2.39. The van der Waals surface area contributed by atoms with Crippen LogP contribution in [0, 0.1) is 6.92 Å². The lowest BCUT2D eigenvalue weighted by Gasteiger charge is -2.12. The van der Waals surface area contributed by atoms with Gasteiger partial charge in [-0.05, 0) is 37.8 Å². The molecule has 0 amide bonds. The quantitative estimate of drug-likeness (QED) is 0.851. The van der Waals surface area contributed by atoms with E-state index in [4.69, 9.17) is 18.0 Å². The Morgan fingerprint density at radius 3 is 3.00 bits per heavy atom. The third kappa shape index (κ3) is 2.35. The third-order valence-corrected chi connectivity index (χ3v) is 4.66. The van der Waals surface area contributed by atoms with E-state index in [9.17, 15) is 0 Å². The van der Waals surface area contributed by atoms with Crippen molar-refractivity contribution in [2.24, 2.45) is 5.73 Å². The molecule has 0 radical (unpaired) electrons. The van der Waals surface area contributed by atoms with Crippen molar-refractivity contribution in [1.29, 1.82) is 0 Å². The first-order chi connectivity index (χ1) is 9.15. The van der Waals surface area contributed by atoms with Crippen LogP contribution in [0.15, 0.2) is 18.2 Å². The Morgan fingerprint density at radius 2 is 2.26 bits per heavy atom. The SMILES string of the molecule is Cc1cccc(C(N)=S)c1Nc1nc2c(s1)CCC2. The van der Waals surface area contributed by atoms with E-state index in [1.807, 2.05) is 25.1 Å². The molecule has 0 fully saturated rings. The fourth-order valence-corrected chi connectivity index (χ4v) is 3.61. The first kappa shape index (κ1) is 12.6. The van der Waals surface area contributed by atoms with E-state index in [1.54, 1.807) is 11.3 Å². The number of thiocarbonyl (C=S) groups is 1. The number of anilines is 2. The van der Waals surface area contributed by atoms with E-state index in [2.05, 4.69) is 10.3 Å². The number of fused-ring (bicyclic) bond motifs is 1. The van der Waals surface area contributed by atoms with Crippen molar-refractivity contribution in [3.8, 4) is 0 Å². The minimum atomic E-state index is 0.412. The number of rotatable bonds is 3. The van der Waals surface area contributed by atoms with E-state index in [-0.39, 0.29) is 0 Å². The lowest BCUT2D eigenvalue weighted by Crippen LogP contribution is -2.12. The van der Waals surface area contributed by atoms with Gasteiger partial charge in [-0.25, -0.2) is 4.98 Å². The molecule has 1 heterocycles. The highest BCUT2D eigenvalue weighted by atomic mass is 32.1. The number of nitrogens with two attached hydrogens (primary N) is 1. The van der Waals surface area contributed by atoms with Crippen LogP contribution in [0.4, 0.5) is 10.8 Å². The van der Waals surface area contributed by atoms with Gasteiger partial charge in [0.05, 0.1) is 11.4 Å². The molecule has 5 heteroatoms. The van der Waals surface area contributed by atoms with E-state index >= 15 is 0 Å². The maximum absolute atomic E-state index is 5.78.